The number of ether oxygens (including phenoxy) is 2. The van der Waals surface area contributed by atoms with Gasteiger partial charge in [-0.15, -0.1) is 0 Å². The van der Waals surface area contributed by atoms with Crippen molar-refractivity contribution in [3.63, 3.8) is 0 Å². The van der Waals surface area contributed by atoms with Gasteiger partial charge in [-0.1, -0.05) is 24.3 Å². The minimum absolute atomic E-state index is 0.161. The Morgan fingerprint density at radius 3 is 2.69 bits per heavy atom. The number of carbonyl (C=O) groups excluding carboxylic acids is 1. The number of thioether (sulfide) groups is 1. The van der Waals surface area contributed by atoms with E-state index in [0.29, 0.717) is 31.1 Å². The molecule has 0 spiro atoms. The largest absolute Gasteiger partial charge is 0.490 e. The Kier molecular flexibility index (Phi) is 8.40. The molecule has 0 bridgehead atoms. The summed E-state index contributed by atoms with van der Waals surface area (Å²) in [5, 5.41) is 3.07. The van der Waals surface area contributed by atoms with E-state index in [0.717, 1.165) is 30.9 Å². The van der Waals surface area contributed by atoms with E-state index in [4.69, 9.17) is 9.47 Å². The average Bonchev–Trinajstić information content (AvgIpc) is 2.75. The first kappa shape index (κ1) is 21.7. The van der Waals surface area contributed by atoms with Crippen LogP contribution in [-0.2, 0) is 11.3 Å². The number of para-hydroxylation sites is 1. The van der Waals surface area contributed by atoms with Crippen molar-refractivity contribution in [2.75, 3.05) is 49.7 Å². The molecule has 0 radical (unpaired) electrons. The lowest BCUT2D eigenvalue weighted by atomic mass is 10.1. The van der Waals surface area contributed by atoms with E-state index in [1.807, 2.05) is 49.0 Å². The zero-order chi connectivity index (χ0) is 20.5. The van der Waals surface area contributed by atoms with Gasteiger partial charge in [0.2, 0.25) is 0 Å². The molecule has 1 amide bonds. The SMILES string of the molecule is CCOCCOc1ccccc1C(=O)Nc1cccc(CN2CCSCC2)c1C. The molecule has 3 rings (SSSR count). The number of anilines is 1. The first-order valence-corrected chi connectivity index (χ1v) is 11.3. The topological polar surface area (TPSA) is 50.8 Å². The summed E-state index contributed by atoms with van der Waals surface area (Å²) < 4.78 is 11.1. The Labute approximate surface area is 177 Å². The highest BCUT2D eigenvalue weighted by molar-refractivity contribution is 7.99. The highest BCUT2D eigenvalue weighted by Gasteiger charge is 2.16. The van der Waals surface area contributed by atoms with E-state index in [-0.39, 0.29) is 5.91 Å². The van der Waals surface area contributed by atoms with E-state index < -0.39 is 0 Å². The van der Waals surface area contributed by atoms with Gasteiger partial charge in [0.15, 0.2) is 0 Å². The number of benzene rings is 2. The van der Waals surface area contributed by atoms with Gasteiger partial charge >= 0.3 is 0 Å². The van der Waals surface area contributed by atoms with Crippen molar-refractivity contribution >= 4 is 23.4 Å². The minimum atomic E-state index is -0.161. The number of hydrogen-bond donors (Lipinski definition) is 1. The monoisotopic (exact) mass is 414 g/mol. The van der Waals surface area contributed by atoms with Crippen LogP contribution in [0, 0.1) is 6.92 Å². The van der Waals surface area contributed by atoms with Crippen LogP contribution in [0.15, 0.2) is 42.5 Å². The van der Waals surface area contributed by atoms with Gasteiger partial charge < -0.3 is 14.8 Å². The first-order chi connectivity index (χ1) is 14.2. The number of hydrogen-bond acceptors (Lipinski definition) is 5. The molecule has 1 N–H and O–H groups in total. The number of nitrogens with zero attached hydrogens (tertiary/aromatic N) is 1. The highest BCUT2D eigenvalue weighted by Crippen LogP contribution is 2.24. The summed E-state index contributed by atoms with van der Waals surface area (Å²) in [7, 11) is 0. The second-order valence-corrected chi connectivity index (χ2v) is 8.20. The van der Waals surface area contributed by atoms with Crippen molar-refractivity contribution in [3.8, 4) is 5.75 Å². The fourth-order valence-electron chi connectivity index (χ4n) is 3.31. The fourth-order valence-corrected chi connectivity index (χ4v) is 4.29. The normalized spacial score (nSPS) is 14.6. The summed E-state index contributed by atoms with van der Waals surface area (Å²) in [6.45, 7) is 8.75. The van der Waals surface area contributed by atoms with Crippen LogP contribution in [0.2, 0.25) is 0 Å². The summed E-state index contributed by atoms with van der Waals surface area (Å²) in [5.41, 5.74) is 3.76. The highest BCUT2D eigenvalue weighted by atomic mass is 32.2. The molecule has 0 saturated carbocycles. The van der Waals surface area contributed by atoms with Gasteiger partial charge in [-0.3, -0.25) is 9.69 Å². The van der Waals surface area contributed by atoms with Gasteiger partial charge in [0.1, 0.15) is 12.4 Å². The zero-order valence-electron chi connectivity index (χ0n) is 17.3. The molecule has 0 aromatic heterocycles. The molecule has 29 heavy (non-hydrogen) atoms. The van der Waals surface area contributed by atoms with Crippen LogP contribution in [-0.4, -0.2) is 55.2 Å². The van der Waals surface area contributed by atoms with Crippen molar-refractivity contribution in [2.45, 2.75) is 20.4 Å². The van der Waals surface area contributed by atoms with Crippen LogP contribution < -0.4 is 10.1 Å². The van der Waals surface area contributed by atoms with E-state index >= 15 is 0 Å². The summed E-state index contributed by atoms with van der Waals surface area (Å²) in [4.78, 5) is 15.4. The smallest absolute Gasteiger partial charge is 0.259 e. The molecule has 0 aliphatic carbocycles. The van der Waals surface area contributed by atoms with Crippen LogP contribution in [0.5, 0.6) is 5.75 Å². The van der Waals surface area contributed by atoms with Crippen LogP contribution in [0.3, 0.4) is 0 Å². The number of carbonyl (C=O) groups is 1. The lowest BCUT2D eigenvalue weighted by Gasteiger charge is -2.27. The van der Waals surface area contributed by atoms with E-state index in [9.17, 15) is 4.79 Å². The van der Waals surface area contributed by atoms with Crippen LogP contribution in [0.4, 0.5) is 5.69 Å². The van der Waals surface area contributed by atoms with E-state index in [1.165, 1.54) is 17.1 Å². The van der Waals surface area contributed by atoms with Crippen molar-refractivity contribution < 1.29 is 14.3 Å². The summed E-state index contributed by atoms with van der Waals surface area (Å²) in [5.74, 6) is 2.79. The van der Waals surface area contributed by atoms with E-state index in [2.05, 4.69) is 23.2 Å². The predicted octanol–water partition coefficient (Wildman–Crippen LogP) is 4.21. The molecule has 6 heteroatoms. The molecule has 2 aromatic rings. The molecular weight excluding hydrogens is 384 g/mol. The lowest BCUT2D eigenvalue weighted by molar-refractivity contribution is 0.0998. The maximum absolute atomic E-state index is 12.9. The molecule has 156 valence electrons. The minimum Gasteiger partial charge on any atom is -0.490 e. The fraction of sp³-hybridized carbons (Fsp3) is 0.435. The molecule has 5 nitrogen and oxygen atoms in total. The standard InChI is InChI=1S/C23H30N2O3S/c1-3-27-13-14-28-22-10-5-4-8-20(22)23(26)24-21-9-6-7-19(18(21)2)17-25-11-15-29-16-12-25/h4-10H,3,11-17H2,1-2H3,(H,24,26). The lowest BCUT2D eigenvalue weighted by Crippen LogP contribution is -2.32. The maximum Gasteiger partial charge on any atom is 0.259 e. The quantitative estimate of drug-likeness (QED) is 0.623. The summed E-state index contributed by atoms with van der Waals surface area (Å²) in [6, 6.07) is 13.5. The van der Waals surface area contributed by atoms with Gasteiger partial charge in [0.25, 0.3) is 5.91 Å². The van der Waals surface area contributed by atoms with Crippen molar-refractivity contribution in [1.29, 1.82) is 0 Å². The van der Waals surface area contributed by atoms with Crippen molar-refractivity contribution in [3.05, 3.63) is 59.2 Å². The van der Waals surface area contributed by atoms with Crippen LogP contribution in [0.25, 0.3) is 0 Å². The zero-order valence-corrected chi connectivity index (χ0v) is 18.1. The molecule has 0 unspecified atom stereocenters. The third-order valence-electron chi connectivity index (χ3n) is 5.01. The molecule has 0 atom stereocenters. The second kappa shape index (κ2) is 11.2. The molecular formula is C23H30N2O3S. The Hall–Kier alpha value is -2.02. The Morgan fingerprint density at radius 1 is 1.10 bits per heavy atom. The Bertz CT molecular complexity index is 806. The third-order valence-corrected chi connectivity index (χ3v) is 5.96. The Morgan fingerprint density at radius 2 is 1.90 bits per heavy atom. The molecule has 1 fully saturated rings. The molecule has 1 aliphatic heterocycles. The summed E-state index contributed by atoms with van der Waals surface area (Å²) in [6.07, 6.45) is 0. The van der Waals surface area contributed by atoms with Gasteiger partial charge in [-0.2, -0.15) is 11.8 Å². The number of nitrogens with one attached hydrogen (secondary N) is 1. The number of rotatable bonds is 9. The van der Waals surface area contributed by atoms with Crippen LogP contribution >= 0.6 is 11.8 Å². The summed E-state index contributed by atoms with van der Waals surface area (Å²) >= 11 is 2.01. The van der Waals surface area contributed by atoms with Crippen molar-refractivity contribution in [1.82, 2.24) is 4.90 Å². The van der Waals surface area contributed by atoms with E-state index in [1.54, 1.807) is 6.07 Å². The van der Waals surface area contributed by atoms with Gasteiger partial charge in [-0.25, -0.2) is 0 Å². The number of amides is 1. The Balaban J connectivity index is 1.68. The third kappa shape index (κ3) is 6.23. The average molecular weight is 415 g/mol. The predicted molar refractivity (Wildman–Crippen MR) is 120 cm³/mol. The van der Waals surface area contributed by atoms with Gasteiger partial charge in [0.05, 0.1) is 12.2 Å². The molecule has 1 aliphatic rings. The van der Waals surface area contributed by atoms with Crippen molar-refractivity contribution in [2.24, 2.45) is 0 Å². The molecule has 1 saturated heterocycles. The molecule has 1 heterocycles. The first-order valence-electron chi connectivity index (χ1n) is 10.2. The van der Waals surface area contributed by atoms with Crippen LogP contribution in [0.1, 0.15) is 28.4 Å². The second-order valence-electron chi connectivity index (χ2n) is 6.97. The van der Waals surface area contributed by atoms with Gasteiger partial charge in [0, 0.05) is 43.4 Å². The van der Waals surface area contributed by atoms with Gasteiger partial charge in [-0.05, 0) is 43.2 Å². The maximum atomic E-state index is 12.9. The molecule has 2 aromatic carbocycles.